The molecule has 0 saturated heterocycles. The summed E-state index contributed by atoms with van der Waals surface area (Å²) in [7, 11) is 0. The van der Waals surface area contributed by atoms with Gasteiger partial charge in [0.25, 0.3) is 0 Å². The highest BCUT2D eigenvalue weighted by Crippen LogP contribution is 2.41. The van der Waals surface area contributed by atoms with E-state index < -0.39 is 0 Å². The molecule has 2 heterocycles. The summed E-state index contributed by atoms with van der Waals surface area (Å²) in [5.41, 5.74) is 8.97. The van der Waals surface area contributed by atoms with E-state index >= 15 is 0 Å². The van der Waals surface area contributed by atoms with Crippen molar-refractivity contribution in [3.63, 3.8) is 0 Å². The average Bonchev–Trinajstić information content (AvgIpc) is 3.65. The highest BCUT2D eigenvalue weighted by Gasteiger charge is 2.18. The molecule has 0 aliphatic heterocycles. The molecule has 0 aliphatic carbocycles. The fourth-order valence-electron chi connectivity index (χ4n) is 8.07. The number of rotatable bonds is 5. The monoisotopic (exact) mass is 701 g/mol. The third-order valence-electron chi connectivity index (χ3n) is 10.7. The molecule has 11 aromatic rings. The molecule has 9 aromatic carbocycles. The summed E-state index contributed by atoms with van der Waals surface area (Å²) in [4.78, 5) is 15.1. The zero-order valence-electron chi connectivity index (χ0n) is 29.6. The number of furan rings is 1. The number of hydrogen-bond acceptors (Lipinski definition) is 4. The van der Waals surface area contributed by atoms with Crippen LogP contribution < -0.4 is 0 Å². The van der Waals surface area contributed by atoms with Crippen LogP contribution in [0.15, 0.2) is 192 Å². The Hall–Kier alpha value is -7.43. The second kappa shape index (κ2) is 12.6. The number of benzene rings is 9. The third kappa shape index (κ3) is 5.26. The molecule has 55 heavy (non-hydrogen) atoms. The van der Waals surface area contributed by atoms with Crippen LogP contribution in [0.25, 0.3) is 111 Å². The molecule has 256 valence electrons. The molecule has 0 unspecified atom stereocenters. The van der Waals surface area contributed by atoms with Crippen LogP contribution in [0.5, 0.6) is 0 Å². The van der Waals surface area contributed by atoms with E-state index in [4.69, 9.17) is 19.4 Å². The van der Waals surface area contributed by atoms with Crippen LogP contribution in [0.2, 0.25) is 0 Å². The van der Waals surface area contributed by atoms with Crippen LogP contribution in [0.1, 0.15) is 0 Å². The zero-order valence-corrected chi connectivity index (χ0v) is 29.6. The predicted molar refractivity (Wildman–Crippen MR) is 227 cm³/mol. The lowest BCUT2D eigenvalue weighted by atomic mass is 9.91. The van der Waals surface area contributed by atoms with Gasteiger partial charge in [-0.3, -0.25) is 0 Å². The van der Waals surface area contributed by atoms with Crippen LogP contribution in [-0.2, 0) is 0 Å². The van der Waals surface area contributed by atoms with E-state index in [2.05, 4.69) is 140 Å². The Morgan fingerprint density at radius 2 is 0.727 bits per heavy atom. The van der Waals surface area contributed by atoms with E-state index in [9.17, 15) is 0 Å². The maximum atomic E-state index is 6.50. The first-order valence-electron chi connectivity index (χ1n) is 18.5. The van der Waals surface area contributed by atoms with Crippen LogP contribution in [-0.4, -0.2) is 15.0 Å². The van der Waals surface area contributed by atoms with Crippen LogP contribution in [0.3, 0.4) is 0 Å². The first-order chi connectivity index (χ1) is 27.2. The SMILES string of the molecule is c1ccc(-c2ccc(-c3nc(-c4ccccc4)nc(-c4ccc5oc6cccc(-c7ccc8c9ccccc9c9ccccc9c8c7)c6c5c4)n3)cc2)cc1. The van der Waals surface area contributed by atoms with Crippen molar-refractivity contribution in [2.45, 2.75) is 0 Å². The summed E-state index contributed by atoms with van der Waals surface area (Å²) < 4.78 is 6.50. The minimum Gasteiger partial charge on any atom is -0.456 e. The average molecular weight is 702 g/mol. The van der Waals surface area contributed by atoms with Gasteiger partial charge in [0.2, 0.25) is 0 Å². The molecular formula is C51H31N3O. The maximum Gasteiger partial charge on any atom is 0.164 e. The first kappa shape index (κ1) is 31.1. The minimum absolute atomic E-state index is 0.605. The molecule has 0 spiro atoms. The Kier molecular flexibility index (Phi) is 7.14. The normalized spacial score (nSPS) is 11.6. The van der Waals surface area contributed by atoms with Gasteiger partial charge in [-0.25, -0.2) is 15.0 Å². The van der Waals surface area contributed by atoms with Crippen LogP contribution in [0, 0.1) is 0 Å². The number of nitrogens with zero attached hydrogens (tertiary/aromatic N) is 3. The van der Waals surface area contributed by atoms with Gasteiger partial charge >= 0.3 is 0 Å². The summed E-state index contributed by atoms with van der Waals surface area (Å²) in [5, 5.41) is 9.62. The molecule has 11 rings (SSSR count). The van der Waals surface area contributed by atoms with Crippen molar-refractivity contribution in [1.82, 2.24) is 15.0 Å². The van der Waals surface area contributed by atoms with Crippen molar-refractivity contribution in [3.05, 3.63) is 188 Å². The molecule has 0 aliphatic rings. The van der Waals surface area contributed by atoms with E-state index in [1.54, 1.807) is 0 Å². The zero-order chi connectivity index (χ0) is 36.3. The standard InChI is InChI=1S/C51H31N3O/c1-3-12-32(13-4-1)33-22-24-35(25-23-33)50-52-49(34-14-5-2-6-15-34)53-51(54-50)37-27-29-46-45(31-37)48-38(20-11-21-47(48)55-46)36-26-28-43-41-18-8-7-16-39(41)40-17-9-10-19-42(40)44(43)30-36/h1-31H. The van der Waals surface area contributed by atoms with E-state index in [1.807, 2.05) is 48.5 Å². The van der Waals surface area contributed by atoms with Gasteiger partial charge in [0.1, 0.15) is 11.2 Å². The fraction of sp³-hybridized carbons (Fsp3) is 0. The summed E-state index contributed by atoms with van der Waals surface area (Å²) in [6, 6.07) is 65.8. The third-order valence-corrected chi connectivity index (χ3v) is 10.7. The molecule has 0 radical (unpaired) electrons. The molecule has 0 bridgehead atoms. The number of fused-ring (bicyclic) bond motifs is 9. The molecule has 0 fully saturated rings. The maximum absolute atomic E-state index is 6.50. The van der Waals surface area contributed by atoms with Gasteiger partial charge in [0.15, 0.2) is 17.5 Å². The van der Waals surface area contributed by atoms with Crippen molar-refractivity contribution >= 4 is 54.3 Å². The molecule has 0 N–H and O–H groups in total. The Morgan fingerprint density at radius 1 is 0.273 bits per heavy atom. The summed E-state index contributed by atoms with van der Waals surface area (Å²) >= 11 is 0. The topological polar surface area (TPSA) is 51.8 Å². The second-order valence-electron chi connectivity index (χ2n) is 14.0. The molecule has 0 amide bonds. The molecule has 4 heteroatoms. The van der Waals surface area contributed by atoms with Gasteiger partial charge in [-0.1, -0.05) is 158 Å². The van der Waals surface area contributed by atoms with Gasteiger partial charge in [-0.2, -0.15) is 0 Å². The van der Waals surface area contributed by atoms with Crippen molar-refractivity contribution < 1.29 is 4.42 Å². The van der Waals surface area contributed by atoms with Crippen LogP contribution >= 0.6 is 0 Å². The van der Waals surface area contributed by atoms with Gasteiger partial charge in [-0.15, -0.1) is 0 Å². The molecular weight excluding hydrogens is 671 g/mol. The van der Waals surface area contributed by atoms with Crippen LogP contribution in [0.4, 0.5) is 0 Å². The van der Waals surface area contributed by atoms with Gasteiger partial charge < -0.3 is 4.42 Å². The second-order valence-corrected chi connectivity index (χ2v) is 14.0. The van der Waals surface area contributed by atoms with Gasteiger partial charge in [0, 0.05) is 27.5 Å². The van der Waals surface area contributed by atoms with Gasteiger partial charge in [-0.05, 0) is 84.9 Å². The highest BCUT2D eigenvalue weighted by atomic mass is 16.3. The van der Waals surface area contributed by atoms with E-state index in [1.165, 1.54) is 37.9 Å². The molecule has 0 saturated carbocycles. The fourth-order valence-corrected chi connectivity index (χ4v) is 8.07. The smallest absolute Gasteiger partial charge is 0.164 e. The number of aromatic nitrogens is 3. The largest absolute Gasteiger partial charge is 0.456 e. The Balaban J connectivity index is 1.08. The lowest BCUT2D eigenvalue weighted by Crippen LogP contribution is -2.00. The van der Waals surface area contributed by atoms with Crippen molar-refractivity contribution in [3.8, 4) is 56.4 Å². The number of hydrogen-bond donors (Lipinski definition) is 0. The Morgan fingerprint density at radius 3 is 1.38 bits per heavy atom. The van der Waals surface area contributed by atoms with Crippen molar-refractivity contribution in [2.24, 2.45) is 0 Å². The first-order valence-corrected chi connectivity index (χ1v) is 18.5. The summed E-state index contributed by atoms with van der Waals surface area (Å²) in [5.74, 6) is 1.85. The lowest BCUT2D eigenvalue weighted by molar-refractivity contribution is 0.669. The quantitative estimate of drug-likeness (QED) is 0.168. The predicted octanol–water partition coefficient (Wildman–Crippen LogP) is 13.6. The minimum atomic E-state index is 0.605. The van der Waals surface area contributed by atoms with Gasteiger partial charge in [0.05, 0.1) is 0 Å². The van der Waals surface area contributed by atoms with Crippen molar-refractivity contribution in [1.29, 1.82) is 0 Å². The molecule has 4 nitrogen and oxygen atoms in total. The summed E-state index contributed by atoms with van der Waals surface area (Å²) in [6.45, 7) is 0. The van der Waals surface area contributed by atoms with E-state index in [0.717, 1.165) is 55.3 Å². The highest BCUT2D eigenvalue weighted by molar-refractivity contribution is 6.26. The van der Waals surface area contributed by atoms with Crippen molar-refractivity contribution in [2.75, 3.05) is 0 Å². The van der Waals surface area contributed by atoms with E-state index in [0.29, 0.717) is 17.5 Å². The summed E-state index contributed by atoms with van der Waals surface area (Å²) in [6.07, 6.45) is 0. The Labute approximate surface area is 317 Å². The van der Waals surface area contributed by atoms with E-state index in [-0.39, 0.29) is 0 Å². The Bertz CT molecular complexity index is 3210. The molecule has 2 aromatic heterocycles. The lowest BCUT2D eigenvalue weighted by Gasteiger charge is -2.12. The molecule has 0 atom stereocenters.